The first-order valence-corrected chi connectivity index (χ1v) is 10.3. The molecule has 2 amide bonds. The number of rotatable bonds is 5. The molecule has 35 heavy (non-hydrogen) atoms. The molecule has 0 saturated heterocycles. The van der Waals surface area contributed by atoms with E-state index in [2.05, 4.69) is 20.1 Å². The van der Waals surface area contributed by atoms with Gasteiger partial charge < -0.3 is 15.9 Å². The number of nitrogens with zero attached hydrogens (tertiary/aromatic N) is 4. The second kappa shape index (κ2) is 10.1. The van der Waals surface area contributed by atoms with Gasteiger partial charge in [0.05, 0.1) is 5.56 Å². The van der Waals surface area contributed by atoms with Gasteiger partial charge in [-0.1, -0.05) is 6.07 Å². The minimum atomic E-state index is -4.67. The van der Waals surface area contributed by atoms with E-state index in [4.69, 9.17) is 11.7 Å². The van der Waals surface area contributed by atoms with Gasteiger partial charge in [-0.15, -0.1) is 0 Å². The number of halogens is 4. The smallest absolute Gasteiger partial charge is 0.422 e. The molecule has 0 bridgehead atoms. The van der Waals surface area contributed by atoms with Crippen LogP contribution >= 0.6 is 0 Å². The van der Waals surface area contributed by atoms with E-state index in [1.807, 2.05) is 13.8 Å². The van der Waals surface area contributed by atoms with E-state index in [0.29, 0.717) is 11.1 Å². The van der Waals surface area contributed by atoms with Gasteiger partial charge in [-0.2, -0.15) is 18.3 Å². The molecule has 0 saturated carbocycles. The Labute approximate surface area is 197 Å². The third-order valence-electron chi connectivity index (χ3n) is 5.02. The maximum Gasteiger partial charge on any atom is 0.422 e. The number of hydrazine groups is 1. The highest BCUT2D eigenvalue weighted by molar-refractivity contribution is 6.04. The van der Waals surface area contributed by atoms with Crippen LogP contribution in [-0.2, 0) is 17.8 Å². The molecular formula is C21H23F4N7O3. The zero-order valence-electron chi connectivity index (χ0n) is 18.8. The monoisotopic (exact) mass is 497 g/mol. The molecule has 0 fully saturated rings. The van der Waals surface area contributed by atoms with Crippen molar-refractivity contribution in [1.29, 1.82) is 0 Å². The van der Waals surface area contributed by atoms with E-state index in [0.717, 1.165) is 11.0 Å². The molecule has 5 N–H and O–H groups in total. The zero-order valence-corrected chi connectivity index (χ0v) is 18.8. The number of hydrogen-bond acceptors (Lipinski definition) is 7. The van der Waals surface area contributed by atoms with Gasteiger partial charge in [0.2, 0.25) is 0 Å². The van der Waals surface area contributed by atoms with E-state index in [1.165, 1.54) is 17.1 Å². The molecule has 14 heteroatoms. The molecule has 0 radical (unpaired) electrons. The third-order valence-corrected chi connectivity index (χ3v) is 5.02. The molecule has 0 atom stereocenters. The Kier molecular flexibility index (Phi) is 7.43. The highest BCUT2D eigenvalue weighted by Crippen LogP contribution is 2.27. The summed E-state index contributed by atoms with van der Waals surface area (Å²) in [6.07, 6.45) is -5.86. The molecule has 1 aromatic carbocycles. The van der Waals surface area contributed by atoms with E-state index >= 15 is 0 Å². The van der Waals surface area contributed by atoms with Crippen LogP contribution in [-0.4, -0.2) is 51.6 Å². The third kappa shape index (κ3) is 6.15. The summed E-state index contributed by atoms with van der Waals surface area (Å²) < 4.78 is 55.8. The van der Waals surface area contributed by atoms with E-state index in [-0.39, 0.29) is 42.0 Å². The number of alkyl halides is 3. The molecule has 2 heterocycles. The number of nitrogens with one attached hydrogen (secondary N) is 1. The van der Waals surface area contributed by atoms with Gasteiger partial charge in [0.15, 0.2) is 12.4 Å². The summed E-state index contributed by atoms with van der Waals surface area (Å²) in [6.45, 7) is 1.59. The highest BCUT2D eigenvalue weighted by Gasteiger charge is 2.33. The number of pyridine rings is 1. The van der Waals surface area contributed by atoms with Crippen molar-refractivity contribution >= 4 is 23.7 Å². The molecule has 0 spiro atoms. The summed E-state index contributed by atoms with van der Waals surface area (Å²) in [6, 6.07) is 6.75. The summed E-state index contributed by atoms with van der Waals surface area (Å²) in [4.78, 5) is 29.9. The van der Waals surface area contributed by atoms with Crippen LogP contribution in [0.1, 0.15) is 41.0 Å². The standard InChI is InChI=1S/C21H23F4N7O3/c1-11(2)32(27)18(30-26)16-4-3-5-17(28-16)29-19(33)14-6-12-8-31(9-13(12)7-15(14)22)20(34)35-10-21(23,24)25/h3-7,11H,8-10,26-27H2,1-2H3,(H,28,29,33)/b30-18-. The van der Waals surface area contributed by atoms with Gasteiger partial charge in [0.1, 0.15) is 17.3 Å². The Morgan fingerprint density at radius 1 is 1.26 bits per heavy atom. The number of carbonyl (C=O) groups is 2. The molecule has 0 unspecified atom stereocenters. The fraction of sp³-hybridized carbons (Fsp3) is 0.333. The van der Waals surface area contributed by atoms with Crippen LogP contribution in [0.4, 0.5) is 28.2 Å². The first-order valence-electron chi connectivity index (χ1n) is 10.3. The molecule has 1 aliphatic rings. The number of hydrogen-bond donors (Lipinski definition) is 3. The second-order valence-electron chi connectivity index (χ2n) is 7.94. The van der Waals surface area contributed by atoms with Crippen LogP contribution in [0.25, 0.3) is 0 Å². The SMILES string of the molecule is CC(C)N(N)/C(=N\N)c1cccc(NC(=O)c2cc3c(cc2F)CN(C(=O)OCC(F)(F)F)C3)n1. The topological polar surface area (TPSA) is 139 Å². The van der Waals surface area contributed by atoms with Crippen LogP contribution in [0.2, 0.25) is 0 Å². The fourth-order valence-corrected chi connectivity index (χ4v) is 3.28. The summed E-state index contributed by atoms with van der Waals surface area (Å²) in [5.41, 5.74) is 0.680. The lowest BCUT2D eigenvalue weighted by Crippen LogP contribution is -2.44. The lowest BCUT2D eigenvalue weighted by atomic mass is 10.1. The van der Waals surface area contributed by atoms with Crippen LogP contribution in [0.5, 0.6) is 0 Å². The molecule has 0 aliphatic carbocycles. The number of carbonyl (C=O) groups excluding carboxylic acids is 2. The maximum atomic E-state index is 14.7. The average Bonchev–Trinajstić information content (AvgIpc) is 3.20. The number of nitrogens with two attached hydrogens (primary N) is 2. The quantitative estimate of drug-likeness (QED) is 0.190. The molecule has 10 nitrogen and oxygen atoms in total. The second-order valence-corrected chi connectivity index (χ2v) is 7.94. The van der Waals surface area contributed by atoms with Crippen molar-refractivity contribution in [2.24, 2.45) is 16.8 Å². The van der Waals surface area contributed by atoms with Crippen molar-refractivity contribution in [1.82, 2.24) is 14.9 Å². The lowest BCUT2D eigenvalue weighted by molar-refractivity contribution is -0.162. The minimum Gasteiger partial charge on any atom is -0.440 e. The lowest BCUT2D eigenvalue weighted by Gasteiger charge is -2.23. The van der Waals surface area contributed by atoms with E-state index < -0.39 is 30.6 Å². The van der Waals surface area contributed by atoms with Crippen LogP contribution in [0.3, 0.4) is 0 Å². The molecule has 188 valence electrons. The summed E-state index contributed by atoms with van der Waals surface area (Å²) >= 11 is 0. The van der Waals surface area contributed by atoms with Crippen molar-refractivity contribution in [2.45, 2.75) is 39.2 Å². The Bertz CT molecular complexity index is 1150. The number of amidine groups is 1. The normalized spacial score (nSPS) is 13.6. The van der Waals surface area contributed by atoms with Gasteiger partial charge in [-0.3, -0.25) is 14.7 Å². The molecule has 1 aliphatic heterocycles. The Balaban J connectivity index is 1.74. The van der Waals surface area contributed by atoms with E-state index in [1.54, 1.807) is 12.1 Å². The fourth-order valence-electron chi connectivity index (χ4n) is 3.28. The Morgan fingerprint density at radius 2 is 1.91 bits per heavy atom. The summed E-state index contributed by atoms with van der Waals surface area (Å²) in [5, 5.41) is 7.40. The van der Waals surface area contributed by atoms with Crippen molar-refractivity contribution in [2.75, 3.05) is 11.9 Å². The predicted molar refractivity (Wildman–Crippen MR) is 117 cm³/mol. The molecule has 2 aromatic rings. The summed E-state index contributed by atoms with van der Waals surface area (Å²) in [5.74, 6) is 9.91. The number of aromatic nitrogens is 1. The van der Waals surface area contributed by atoms with Crippen molar-refractivity contribution in [3.63, 3.8) is 0 Å². The number of fused-ring (bicyclic) bond motifs is 1. The number of amides is 2. The van der Waals surface area contributed by atoms with Crippen molar-refractivity contribution in [3.05, 3.63) is 58.5 Å². The van der Waals surface area contributed by atoms with Gasteiger partial charge in [-0.05, 0) is 49.2 Å². The van der Waals surface area contributed by atoms with Crippen LogP contribution in [0, 0.1) is 5.82 Å². The highest BCUT2D eigenvalue weighted by atomic mass is 19.4. The molecule has 3 rings (SSSR count). The minimum absolute atomic E-state index is 0.0723. The number of ether oxygens (including phenoxy) is 1. The van der Waals surface area contributed by atoms with Crippen molar-refractivity contribution in [3.8, 4) is 0 Å². The first kappa shape index (κ1) is 25.7. The van der Waals surface area contributed by atoms with Gasteiger partial charge >= 0.3 is 12.3 Å². The van der Waals surface area contributed by atoms with Crippen molar-refractivity contribution < 1.29 is 31.9 Å². The zero-order chi connectivity index (χ0) is 25.9. The number of benzene rings is 1. The van der Waals surface area contributed by atoms with E-state index in [9.17, 15) is 27.2 Å². The maximum absolute atomic E-state index is 14.7. The average molecular weight is 497 g/mol. The predicted octanol–water partition coefficient (Wildman–Crippen LogP) is 2.69. The van der Waals surface area contributed by atoms with Gasteiger partial charge in [0, 0.05) is 19.1 Å². The molecule has 1 aromatic heterocycles. The Morgan fingerprint density at radius 3 is 2.51 bits per heavy atom. The molecular weight excluding hydrogens is 474 g/mol. The number of hydrazone groups is 1. The number of anilines is 1. The Hall–Kier alpha value is -3.94. The largest absolute Gasteiger partial charge is 0.440 e. The van der Waals surface area contributed by atoms with Gasteiger partial charge in [-0.25, -0.2) is 20.0 Å². The van der Waals surface area contributed by atoms with Gasteiger partial charge in [0.25, 0.3) is 5.91 Å². The van der Waals surface area contributed by atoms with Crippen LogP contribution < -0.4 is 17.0 Å². The summed E-state index contributed by atoms with van der Waals surface area (Å²) in [7, 11) is 0. The van der Waals surface area contributed by atoms with Crippen LogP contribution in [0.15, 0.2) is 35.4 Å². The first-order chi connectivity index (χ1) is 16.4.